The number of hydrogen-bond donors (Lipinski definition) is 1. The zero-order valence-corrected chi connectivity index (χ0v) is 15.0. The highest BCUT2D eigenvalue weighted by atomic mass is 35.5. The van der Waals surface area contributed by atoms with E-state index in [0.29, 0.717) is 24.1 Å². The Morgan fingerprint density at radius 2 is 2.00 bits per heavy atom. The first-order valence-corrected chi connectivity index (χ1v) is 9.41. The lowest BCUT2D eigenvalue weighted by atomic mass is 9.83. The number of nitrogens with zero attached hydrogens (tertiary/aromatic N) is 1. The highest BCUT2D eigenvalue weighted by Gasteiger charge is 2.33. The maximum Gasteiger partial charge on any atom is 0.287 e. The van der Waals surface area contributed by atoms with Gasteiger partial charge in [0.1, 0.15) is 5.82 Å². The summed E-state index contributed by atoms with van der Waals surface area (Å²) in [5.41, 5.74) is 0.457. The number of amides is 1. The van der Waals surface area contributed by atoms with Crippen LogP contribution in [0.1, 0.15) is 37.7 Å². The molecule has 1 N–H and O–H groups in total. The monoisotopic (exact) mass is 366 g/mol. The minimum Gasteiger partial charge on any atom is -0.349 e. The van der Waals surface area contributed by atoms with Crippen LogP contribution in [0.15, 0.2) is 18.2 Å². The Hall–Kier alpha value is -1.46. The van der Waals surface area contributed by atoms with Gasteiger partial charge < -0.3 is 10.2 Å². The Bertz CT molecular complexity index is 650. The number of piperidine rings is 2. The number of halogens is 2. The molecule has 0 aliphatic carbocycles. The van der Waals surface area contributed by atoms with Crippen LogP contribution >= 0.6 is 11.6 Å². The molecule has 25 heavy (non-hydrogen) atoms. The van der Waals surface area contributed by atoms with Gasteiger partial charge in [0, 0.05) is 19.0 Å². The van der Waals surface area contributed by atoms with E-state index in [1.165, 1.54) is 31.4 Å². The molecule has 3 rings (SSSR count). The summed E-state index contributed by atoms with van der Waals surface area (Å²) in [7, 11) is 0. The number of rotatable bonds is 5. The second-order valence-electron chi connectivity index (χ2n) is 7.06. The van der Waals surface area contributed by atoms with Crippen molar-refractivity contribution in [1.29, 1.82) is 0 Å². The highest BCUT2D eigenvalue weighted by molar-refractivity contribution is 6.36. The molecule has 2 aliphatic rings. The lowest BCUT2D eigenvalue weighted by Crippen LogP contribution is -2.51. The van der Waals surface area contributed by atoms with Crippen LogP contribution in [0.25, 0.3) is 0 Å². The van der Waals surface area contributed by atoms with Gasteiger partial charge in [-0.1, -0.05) is 24.1 Å². The number of nitrogens with one attached hydrogen (secondary N) is 1. The fourth-order valence-electron chi connectivity index (χ4n) is 4.05. The van der Waals surface area contributed by atoms with Crippen LogP contribution in [-0.4, -0.2) is 42.3 Å². The number of hydrogen-bond acceptors (Lipinski definition) is 3. The zero-order chi connectivity index (χ0) is 17.8. The highest BCUT2D eigenvalue weighted by Crippen LogP contribution is 2.30. The van der Waals surface area contributed by atoms with Crippen molar-refractivity contribution in [2.45, 2.75) is 44.6 Å². The Labute approximate surface area is 152 Å². The Balaban J connectivity index is 1.51. The van der Waals surface area contributed by atoms with Crippen LogP contribution < -0.4 is 5.32 Å². The van der Waals surface area contributed by atoms with Gasteiger partial charge in [-0.25, -0.2) is 4.39 Å². The standard InChI is InChI=1S/C19H24ClFN2O2/c20-15-7-6-13(10-16(15)21)11-18(24)19(25)22-12-14-4-3-9-23-8-2-1-5-17(14)23/h6-7,10,14,17H,1-5,8-9,11-12H2,(H,22,25)/t14?,17-/m1/s1. The number of carbonyl (C=O) groups excluding carboxylic acids is 2. The van der Waals surface area contributed by atoms with E-state index in [1.807, 2.05) is 0 Å². The van der Waals surface area contributed by atoms with Crippen molar-refractivity contribution >= 4 is 23.3 Å². The Kier molecular flexibility index (Phi) is 6.07. The summed E-state index contributed by atoms with van der Waals surface area (Å²) in [4.78, 5) is 26.7. The topological polar surface area (TPSA) is 49.4 Å². The average molecular weight is 367 g/mol. The summed E-state index contributed by atoms with van der Waals surface area (Å²) in [6.07, 6.45) is 5.81. The molecule has 1 amide bonds. The SMILES string of the molecule is O=C(Cc1ccc(Cl)c(F)c1)C(=O)NCC1CCCN2CCCC[C@H]12. The molecule has 2 fully saturated rings. The third-order valence-corrected chi connectivity index (χ3v) is 5.66. The molecule has 0 radical (unpaired) electrons. The molecule has 0 bridgehead atoms. The molecular weight excluding hydrogens is 343 g/mol. The van der Waals surface area contributed by atoms with Gasteiger partial charge in [0.2, 0.25) is 5.78 Å². The van der Waals surface area contributed by atoms with E-state index in [4.69, 9.17) is 11.6 Å². The molecule has 2 atom stereocenters. The normalized spacial score (nSPS) is 23.8. The lowest BCUT2D eigenvalue weighted by Gasteiger charge is -2.44. The molecule has 6 heteroatoms. The molecule has 1 unspecified atom stereocenters. The number of ketones is 1. The van der Waals surface area contributed by atoms with Gasteiger partial charge in [-0.15, -0.1) is 0 Å². The minimum atomic E-state index is -0.580. The van der Waals surface area contributed by atoms with Gasteiger partial charge in [-0.2, -0.15) is 0 Å². The van der Waals surface area contributed by atoms with E-state index in [0.717, 1.165) is 25.9 Å². The van der Waals surface area contributed by atoms with Gasteiger partial charge in [0.15, 0.2) is 0 Å². The van der Waals surface area contributed by atoms with Crippen LogP contribution in [0.5, 0.6) is 0 Å². The number of Topliss-reactive ketones (excluding diaryl/α,β-unsaturated/α-hetero) is 1. The van der Waals surface area contributed by atoms with Gasteiger partial charge >= 0.3 is 0 Å². The zero-order valence-electron chi connectivity index (χ0n) is 14.3. The first kappa shape index (κ1) is 18.3. The smallest absolute Gasteiger partial charge is 0.287 e. The molecule has 0 saturated carbocycles. The Morgan fingerprint density at radius 3 is 2.80 bits per heavy atom. The van der Waals surface area contributed by atoms with Gasteiger partial charge in [0.25, 0.3) is 5.91 Å². The summed E-state index contributed by atoms with van der Waals surface area (Å²) in [6.45, 7) is 2.84. The van der Waals surface area contributed by atoms with Gasteiger partial charge in [0.05, 0.1) is 5.02 Å². The lowest BCUT2D eigenvalue weighted by molar-refractivity contribution is -0.137. The molecule has 4 nitrogen and oxygen atoms in total. The van der Waals surface area contributed by atoms with E-state index in [1.54, 1.807) is 6.07 Å². The number of benzene rings is 1. The summed E-state index contributed by atoms with van der Waals surface area (Å²) >= 11 is 5.63. The molecule has 0 aromatic heterocycles. The predicted molar refractivity (Wildman–Crippen MR) is 95.1 cm³/mol. The van der Waals surface area contributed by atoms with Crippen LogP contribution in [0.2, 0.25) is 5.02 Å². The summed E-state index contributed by atoms with van der Waals surface area (Å²) in [5, 5.41) is 2.81. The Morgan fingerprint density at radius 1 is 1.20 bits per heavy atom. The van der Waals surface area contributed by atoms with E-state index in [-0.39, 0.29) is 11.4 Å². The second-order valence-corrected chi connectivity index (χ2v) is 7.47. The summed E-state index contributed by atoms with van der Waals surface area (Å²) in [6, 6.07) is 4.70. The third-order valence-electron chi connectivity index (χ3n) is 5.36. The maximum absolute atomic E-state index is 13.4. The molecular formula is C19H24ClFN2O2. The van der Waals surface area contributed by atoms with E-state index in [9.17, 15) is 14.0 Å². The maximum atomic E-state index is 13.4. The molecule has 0 spiro atoms. The van der Waals surface area contributed by atoms with E-state index < -0.39 is 17.5 Å². The molecule has 2 saturated heterocycles. The van der Waals surface area contributed by atoms with E-state index >= 15 is 0 Å². The van der Waals surface area contributed by atoms with Crippen LogP contribution in [0.3, 0.4) is 0 Å². The van der Waals surface area contributed by atoms with Crippen molar-refractivity contribution in [2.75, 3.05) is 19.6 Å². The average Bonchev–Trinajstić information content (AvgIpc) is 2.62. The van der Waals surface area contributed by atoms with Crippen molar-refractivity contribution < 1.29 is 14.0 Å². The molecule has 1 aromatic carbocycles. The van der Waals surface area contributed by atoms with Crippen molar-refractivity contribution in [3.63, 3.8) is 0 Å². The summed E-state index contributed by atoms with van der Waals surface area (Å²) < 4.78 is 13.4. The number of fused-ring (bicyclic) bond motifs is 1. The minimum absolute atomic E-state index is 0.00925. The number of carbonyl (C=O) groups is 2. The molecule has 2 aliphatic heterocycles. The quantitative estimate of drug-likeness (QED) is 0.815. The van der Waals surface area contributed by atoms with Crippen LogP contribution in [0.4, 0.5) is 4.39 Å². The van der Waals surface area contributed by atoms with Crippen LogP contribution in [0, 0.1) is 11.7 Å². The van der Waals surface area contributed by atoms with Crippen molar-refractivity contribution in [1.82, 2.24) is 10.2 Å². The molecule has 2 heterocycles. The third kappa shape index (κ3) is 4.59. The van der Waals surface area contributed by atoms with Crippen molar-refractivity contribution in [3.8, 4) is 0 Å². The van der Waals surface area contributed by atoms with Gasteiger partial charge in [-0.05, 0) is 62.4 Å². The van der Waals surface area contributed by atoms with Crippen LogP contribution in [-0.2, 0) is 16.0 Å². The molecule has 136 valence electrons. The largest absolute Gasteiger partial charge is 0.349 e. The second kappa shape index (κ2) is 8.28. The fraction of sp³-hybridized carbons (Fsp3) is 0.579. The van der Waals surface area contributed by atoms with Crippen molar-refractivity contribution in [3.05, 3.63) is 34.6 Å². The van der Waals surface area contributed by atoms with E-state index in [2.05, 4.69) is 10.2 Å². The first-order valence-electron chi connectivity index (χ1n) is 9.03. The summed E-state index contributed by atoms with van der Waals surface area (Å²) in [5.74, 6) is -1.29. The molecule has 1 aromatic rings. The van der Waals surface area contributed by atoms with Gasteiger partial charge in [-0.3, -0.25) is 9.59 Å². The first-order chi connectivity index (χ1) is 12.0. The van der Waals surface area contributed by atoms with Crippen molar-refractivity contribution in [2.24, 2.45) is 5.92 Å². The fourth-order valence-corrected chi connectivity index (χ4v) is 4.17. The predicted octanol–water partition coefficient (Wildman–Crippen LogP) is 2.97.